The van der Waals surface area contributed by atoms with E-state index in [4.69, 9.17) is 5.11 Å². The van der Waals surface area contributed by atoms with Gasteiger partial charge >= 0.3 is 5.97 Å². The van der Waals surface area contributed by atoms with Crippen LogP contribution >= 0.6 is 0 Å². The molecular weight excluding hydrogens is 302 g/mol. The second-order valence-corrected chi connectivity index (χ2v) is 6.19. The summed E-state index contributed by atoms with van der Waals surface area (Å²) in [4.78, 5) is 23.3. The molecule has 4 nitrogen and oxygen atoms in total. The summed E-state index contributed by atoms with van der Waals surface area (Å²) in [5.74, 6) is -0.889. The van der Waals surface area contributed by atoms with Crippen molar-refractivity contribution in [3.63, 3.8) is 0 Å². The highest BCUT2D eigenvalue weighted by molar-refractivity contribution is 5.87. The van der Waals surface area contributed by atoms with E-state index in [9.17, 15) is 9.59 Å². The summed E-state index contributed by atoms with van der Waals surface area (Å²) in [5.41, 5.74) is 3.74. The van der Waals surface area contributed by atoms with Crippen LogP contribution in [0, 0.1) is 0 Å². The smallest absolute Gasteiger partial charge is 0.335 e. The number of hydrogen-bond acceptors (Lipinski definition) is 2. The van der Waals surface area contributed by atoms with Crippen molar-refractivity contribution in [2.24, 2.45) is 0 Å². The Bertz CT molecular complexity index is 737. The zero-order valence-electron chi connectivity index (χ0n) is 13.5. The lowest BCUT2D eigenvalue weighted by Crippen LogP contribution is -2.32. The van der Waals surface area contributed by atoms with Gasteiger partial charge < -0.3 is 10.4 Å². The average Bonchev–Trinajstić information content (AvgIpc) is 2.61. The standard InChI is InChI=1S/C20H21NO3/c22-19(18-7-3-5-15-4-1-2-6-17(15)18)21-13-12-14-8-10-16(11-9-14)20(23)24/h1-2,4,6,8-11,18H,3,5,7,12-13H2,(H,21,22)(H,23,24). The van der Waals surface area contributed by atoms with Crippen molar-refractivity contribution in [2.75, 3.05) is 6.54 Å². The van der Waals surface area contributed by atoms with Crippen molar-refractivity contribution in [3.05, 3.63) is 70.8 Å². The number of benzene rings is 2. The molecule has 0 spiro atoms. The third-order valence-corrected chi connectivity index (χ3v) is 4.60. The number of aromatic carboxylic acids is 1. The molecule has 2 aromatic rings. The molecular formula is C20H21NO3. The Hall–Kier alpha value is -2.62. The van der Waals surface area contributed by atoms with Crippen molar-refractivity contribution in [3.8, 4) is 0 Å². The van der Waals surface area contributed by atoms with Crippen molar-refractivity contribution >= 4 is 11.9 Å². The molecule has 0 bridgehead atoms. The fourth-order valence-corrected chi connectivity index (χ4v) is 3.29. The molecule has 0 aliphatic heterocycles. The van der Waals surface area contributed by atoms with Gasteiger partial charge in [0.15, 0.2) is 0 Å². The van der Waals surface area contributed by atoms with Crippen LogP contribution in [0.1, 0.15) is 45.8 Å². The summed E-state index contributed by atoms with van der Waals surface area (Å²) in [6, 6.07) is 15.0. The van der Waals surface area contributed by atoms with Gasteiger partial charge in [0.1, 0.15) is 0 Å². The van der Waals surface area contributed by atoms with Gasteiger partial charge in [0.25, 0.3) is 0 Å². The van der Waals surface area contributed by atoms with Gasteiger partial charge in [-0.25, -0.2) is 4.79 Å². The first kappa shape index (κ1) is 16.2. The Morgan fingerprint density at radius 1 is 1.08 bits per heavy atom. The largest absolute Gasteiger partial charge is 0.478 e. The Morgan fingerprint density at radius 3 is 2.58 bits per heavy atom. The molecule has 2 aromatic carbocycles. The van der Waals surface area contributed by atoms with E-state index in [1.165, 1.54) is 5.56 Å². The zero-order valence-corrected chi connectivity index (χ0v) is 13.5. The third-order valence-electron chi connectivity index (χ3n) is 4.60. The van der Waals surface area contributed by atoms with Crippen molar-refractivity contribution in [1.29, 1.82) is 0 Å². The van der Waals surface area contributed by atoms with E-state index in [-0.39, 0.29) is 17.4 Å². The zero-order chi connectivity index (χ0) is 16.9. The Labute approximate surface area is 141 Å². The summed E-state index contributed by atoms with van der Waals surface area (Å²) in [6.07, 6.45) is 3.69. The van der Waals surface area contributed by atoms with Crippen LogP contribution in [-0.4, -0.2) is 23.5 Å². The fraction of sp³-hybridized carbons (Fsp3) is 0.300. The lowest BCUT2D eigenvalue weighted by Gasteiger charge is -2.24. The van der Waals surface area contributed by atoms with Crippen LogP contribution in [0.15, 0.2) is 48.5 Å². The highest BCUT2D eigenvalue weighted by atomic mass is 16.4. The second kappa shape index (κ2) is 7.30. The molecule has 0 radical (unpaired) electrons. The maximum atomic E-state index is 12.5. The summed E-state index contributed by atoms with van der Waals surface area (Å²) in [7, 11) is 0. The molecule has 1 aliphatic rings. The van der Waals surface area contributed by atoms with Gasteiger partial charge in [0, 0.05) is 6.54 Å². The number of amides is 1. The van der Waals surface area contributed by atoms with E-state index < -0.39 is 5.97 Å². The maximum Gasteiger partial charge on any atom is 0.335 e. The maximum absolute atomic E-state index is 12.5. The fourth-order valence-electron chi connectivity index (χ4n) is 3.29. The predicted octanol–water partition coefficient (Wildman–Crippen LogP) is 3.16. The number of carboxylic acids is 1. The lowest BCUT2D eigenvalue weighted by atomic mass is 9.82. The molecule has 0 saturated carbocycles. The van der Waals surface area contributed by atoms with Crippen LogP contribution < -0.4 is 5.32 Å². The molecule has 1 atom stereocenters. The Morgan fingerprint density at radius 2 is 1.83 bits per heavy atom. The van der Waals surface area contributed by atoms with E-state index in [2.05, 4.69) is 17.4 Å². The lowest BCUT2D eigenvalue weighted by molar-refractivity contribution is -0.122. The van der Waals surface area contributed by atoms with Crippen LogP contribution in [0.25, 0.3) is 0 Å². The molecule has 3 rings (SSSR count). The molecule has 24 heavy (non-hydrogen) atoms. The van der Waals surface area contributed by atoms with E-state index in [1.807, 2.05) is 12.1 Å². The number of carbonyl (C=O) groups excluding carboxylic acids is 1. The Balaban J connectivity index is 1.56. The van der Waals surface area contributed by atoms with Gasteiger partial charge in [0.05, 0.1) is 11.5 Å². The van der Waals surface area contributed by atoms with Crippen LogP contribution in [0.5, 0.6) is 0 Å². The normalized spacial score (nSPS) is 16.2. The predicted molar refractivity (Wildman–Crippen MR) is 92.2 cm³/mol. The number of carbonyl (C=O) groups is 2. The monoisotopic (exact) mass is 323 g/mol. The number of rotatable bonds is 5. The number of fused-ring (bicyclic) bond motifs is 1. The van der Waals surface area contributed by atoms with E-state index in [0.29, 0.717) is 13.0 Å². The van der Waals surface area contributed by atoms with E-state index in [1.54, 1.807) is 24.3 Å². The SMILES string of the molecule is O=C(O)c1ccc(CCNC(=O)C2CCCc3ccccc32)cc1. The minimum absolute atomic E-state index is 0.0515. The van der Waals surface area contributed by atoms with Gasteiger partial charge in [-0.2, -0.15) is 0 Å². The number of hydrogen-bond donors (Lipinski definition) is 2. The molecule has 1 unspecified atom stereocenters. The minimum Gasteiger partial charge on any atom is -0.478 e. The third kappa shape index (κ3) is 3.65. The molecule has 2 N–H and O–H groups in total. The minimum atomic E-state index is -0.925. The van der Waals surface area contributed by atoms with E-state index in [0.717, 1.165) is 30.4 Å². The first-order valence-electron chi connectivity index (χ1n) is 8.33. The van der Waals surface area contributed by atoms with Crippen molar-refractivity contribution < 1.29 is 14.7 Å². The summed E-state index contributed by atoms with van der Waals surface area (Å²) >= 11 is 0. The van der Waals surface area contributed by atoms with Gasteiger partial charge in [-0.1, -0.05) is 36.4 Å². The Kier molecular flexibility index (Phi) is 4.94. The molecule has 0 fully saturated rings. The first-order chi connectivity index (χ1) is 11.6. The molecule has 4 heteroatoms. The van der Waals surface area contributed by atoms with Gasteiger partial charge in [-0.3, -0.25) is 4.79 Å². The summed E-state index contributed by atoms with van der Waals surface area (Å²) in [6.45, 7) is 0.559. The van der Waals surface area contributed by atoms with Crippen LogP contribution in [-0.2, 0) is 17.6 Å². The first-order valence-corrected chi connectivity index (χ1v) is 8.33. The molecule has 0 heterocycles. The van der Waals surface area contributed by atoms with Crippen LogP contribution in [0.3, 0.4) is 0 Å². The molecule has 124 valence electrons. The summed E-state index contributed by atoms with van der Waals surface area (Å²) < 4.78 is 0. The number of nitrogens with one attached hydrogen (secondary N) is 1. The van der Waals surface area contributed by atoms with Crippen LogP contribution in [0.2, 0.25) is 0 Å². The van der Waals surface area contributed by atoms with Gasteiger partial charge in [-0.05, 0) is 54.5 Å². The van der Waals surface area contributed by atoms with Crippen LogP contribution in [0.4, 0.5) is 0 Å². The van der Waals surface area contributed by atoms with Gasteiger partial charge in [-0.15, -0.1) is 0 Å². The molecule has 1 aliphatic carbocycles. The number of carboxylic acid groups (broad SMARTS) is 1. The van der Waals surface area contributed by atoms with Gasteiger partial charge in [0.2, 0.25) is 5.91 Å². The molecule has 0 saturated heterocycles. The van der Waals surface area contributed by atoms with E-state index >= 15 is 0 Å². The second-order valence-electron chi connectivity index (χ2n) is 6.19. The van der Waals surface area contributed by atoms with Crippen molar-refractivity contribution in [2.45, 2.75) is 31.6 Å². The average molecular weight is 323 g/mol. The number of aryl methyl sites for hydroxylation is 1. The quantitative estimate of drug-likeness (QED) is 0.888. The molecule has 1 amide bonds. The summed E-state index contributed by atoms with van der Waals surface area (Å²) in [5, 5.41) is 11.9. The topological polar surface area (TPSA) is 66.4 Å². The molecule has 0 aromatic heterocycles. The highest BCUT2D eigenvalue weighted by Gasteiger charge is 2.25. The van der Waals surface area contributed by atoms with Crippen molar-refractivity contribution in [1.82, 2.24) is 5.32 Å². The highest BCUT2D eigenvalue weighted by Crippen LogP contribution is 2.31.